The molecule has 1 aliphatic rings. The van der Waals surface area contributed by atoms with Crippen molar-refractivity contribution in [2.45, 2.75) is 30.7 Å². The Bertz CT molecular complexity index is 493. The van der Waals surface area contributed by atoms with Crippen LogP contribution in [0.2, 0.25) is 0 Å². The molecule has 1 saturated heterocycles. The van der Waals surface area contributed by atoms with Crippen molar-refractivity contribution in [3.05, 3.63) is 24.3 Å². The summed E-state index contributed by atoms with van der Waals surface area (Å²) < 4.78 is 29.3. The molecule has 2 rings (SSSR count). The number of anilines is 1. The topological polar surface area (TPSA) is 55.4 Å². The molecule has 0 aliphatic carbocycles. The van der Waals surface area contributed by atoms with E-state index in [-0.39, 0.29) is 5.75 Å². The molecule has 1 fully saturated rings. The zero-order chi connectivity index (χ0) is 13.0. The van der Waals surface area contributed by atoms with Crippen LogP contribution < -0.4 is 5.32 Å². The van der Waals surface area contributed by atoms with Gasteiger partial charge in [0, 0.05) is 19.3 Å². The lowest BCUT2D eigenvalue weighted by Crippen LogP contribution is -2.28. The molecular formula is C13H19NO3S. The Balaban J connectivity index is 2.22. The van der Waals surface area contributed by atoms with Gasteiger partial charge in [0.2, 0.25) is 0 Å². The van der Waals surface area contributed by atoms with Crippen LogP contribution in [-0.2, 0) is 14.6 Å². The van der Waals surface area contributed by atoms with Crippen LogP contribution >= 0.6 is 0 Å². The van der Waals surface area contributed by atoms with Crippen molar-refractivity contribution in [3.8, 4) is 0 Å². The van der Waals surface area contributed by atoms with E-state index in [1.165, 1.54) is 0 Å². The average Bonchev–Trinajstić information content (AvgIpc) is 2.40. The summed E-state index contributed by atoms with van der Waals surface area (Å²) in [4.78, 5) is 0.402. The predicted molar refractivity (Wildman–Crippen MR) is 71.6 cm³/mol. The second-order valence-corrected chi connectivity index (χ2v) is 6.68. The van der Waals surface area contributed by atoms with Crippen molar-refractivity contribution < 1.29 is 13.2 Å². The molecule has 4 nitrogen and oxygen atoms in total. The number of nitrogens with one attached hydrogen (secondary N) is 1. The molecule has 0 saturated carbocycles. The van der Waals surface area contributed by atoms with Crippen LogP contribution in [0.1, 0.15) is 19.8 Å². The van der Waals surface area contributed by atoms with Crippen molar-refractivity contribution in [2.24, 2.45) is 0 Å². The number of hydrogen-bond acceptors (Lipinski definition) is 4. The minimum atomic E-state index is -3.17. The zero-order valence-corrected chi connectivity index (χ0v) is 11.4. The summed E-state index contributed by atoms with van der Waals surface area (Å²) in [6.07, 6.45) is 1.83. The van der Waals surface area contributed by atoms with Gasteiger partial charge in [-0.2, -0.15) is 0 Å². The fraction of sp³-hybridized carbons (Fsp3) is 0.538. The minimum Gasteiger partial charge on any atom is -0.381 e. The molecule has 18 heavy (non-hydrogen) atoms. The van der Waals surface area contributed by atoms with Crippen LogP contribution in [0.15, 0.2) is 29.2 Å². The molecule has 0 bridgehead atoms. The number of sulfone groups is 1. The first-order valence-corrected chi connectivity index (χ1v) is 7.95. The average molecular weight is 269 g/mol. The molecule has 0 unspecified atom stereocenters. The Morgan fingerprint density at radius 3 is 2.61 bits per heavy atom. The summed E-state index contributed by atoms with van der Waals surface area (Å²) in [5, 5.41) is 3.33. The molecule has 1 heterocycles. The van der Waals surface area contributed by atoms with Crippen molar-refractivity contribution >= 4 is 15.5 Å². The van der Waals surface area contributed by atoms with Crippen LogP contribution in [0.3, 0.4) is 0 Å². The summed E-state index contributed by atoms with van der Waals surface area (Å²) in [5.74, 6) is 0.124. The fourth-order valence-corrected chi connectivity index (χ4v) is 3.13. The second kappa shape index (κ2) is 5.71. The van der Waals surface area contributed by atoms with Crippen LogP contribution in [0, 0.1) is 0 Å². The van der Waals surface area contributed by atoms with E-state index in [1.54, 1.807) is 19.1 Å². The summed E-state index contributed by atoms with van der Waals surface area (Å²) >= 11 is 0. The van der Waals surface area contributed by atoms with E-state index in [2.05, 4.69) is 5.32 Å². The SMILES string of the molecule is CCS(=O)(=O)c1ccccc1NC1CCOCC1. The van der Waals surface area contributed by atoms with Gasteiger partial charge in [-0.25, -0.2) is 8.42 Å². The predicted octanol–water partition coefficient (Wildman–Crippen LogP) is 2.07. The van der Waals surface area contributed by atoms with Gasteiger partial charge in [0.15, 0.2) is 9.84 Å². The number of benzene rings is 1. The van der Waals surface area contributed by atoms with Gasteiger partial charge in [-0.05, 0) is 25.0 Å². The Kier molecular flexibility index (Phi) is 4.24. The van der Waals surface area contributed by atoms with Gasteiger partial charge in [-0.1, -0.05) is 19.1 Å². The van der Waals surface area contributed by atoms with Crippen LogP contribution in [0.5, 0.6) is 0 Å². The van der Waals surface area contributed by atoms with E-state index in [0.29, 0.717) is 16.6 Å². The Morgan fingerprint density at radius 2 is 1.94 bits per heavy atom. The smallest absolute Gasteiger partial charge is 0.180 e. The summed E-state index contributed by atoms with van der Waals surface area (Å²) in [6, 6.07) is 7.42. The van der Waals surface area contributed by atoms with E-state index in [4.69, 9.17) is 4.74 Å². The van der Waals surface area contributed by atoms with Crippen LogP contribution in [0.25, 0.3) is 0 Å². The molecule has 1 N–H and O–H groups in total. The largest absolute Gasteiger partial charge is 0.381 e. The van der Waals surface area contributed by atoms with Crippen molar-refractivity contribution in [3.63, 3.8) is 0 Å². The first-order valence-electron chi connectivity index (χ1n) is 6.29. The Labute approximate surface area is 108 Å². The molecule has 5 heteroatoms. The molecule has 0 aromatic heterocycles. The molecule has 0 radical (unpaired) electrons. The Morgan fingerprint density at radius 1 is 1.28 bits per heavy atom. The van der Waals surface area contributed by atoms with E-state index in [0.717, 1.165) is 26.1 Å². The highest BCUT2D eigenvalue weighted by atomic mass is 32.2. The first kappa shape index (κ1) is 13.4. The van der Waals surface area contributed by atoms with Crippen LogP contribution in [0.4, 0.5) is 5.69 Å². The highest BCUT2D eigenvalue weighted by Crippen LogP contribution is 2.24. The normalized spacial score (nSPS) is 17.6. The third kappa shape index (κ3) is 3.03. The van der Waals surface area contributed by atoms with Gasteiger partial charge in [-0.15, -0.1) is 0 Å². The highest BCUT2D eigenvalue weighted by Gasteiger charge is 2.19. The maximum atomic E-state index is 12.0. The Hall–Kier alpha value is -1.07. The molecule has 1 aromatic rings. The minimum absolute atomic E-state index is 0.124. The standard InChI is InChI=1S/C13H19NO3S/c1-2-18(15,16)13-6-4-3-5-12(13)14-11-7-9-17-10-8-11/h3-6,11,14H,2,7-10H2,1H3. The van der Waals surface area contributed by atoms with Gasteiger partial charge in [0.05, 0.1) is 16.3 Å². The maximum absolute atomic E-state index is 12.0. The van der Waals surface area contributed by atoms with Crippen molar-refractivity contribution in [1.82, 2.24) is 0 Å². The number of rotatable bonds is 4. The van der Waals surface area contributed by atoms with Gasteiger partial charge in [-0.3, -0.25) is 0 Å². The third-order valence-electron chi connectivity index (χ3n) is 3.18. The summed E-state index contributed by atoms with van der Waals surface area (Å²) in [6.45, 7) is 3.14. The molecule has 1 aromatic carbocycles. The number of hydrogen-bond donors (Lipinski definition) is 1. The molecular weight excluding hydrogens is 250 g/mol. The van der Waals surface area contributed by atoms with Gasteiger partial charge in [0.25, 0.3) is 0 Å². The number of para-hydroxylation sites is 1. The van der Waals surface area contributed by atoms with Crippen molar-refractivity contribution in [2.75, 3.05) is 24.3 Å². The van der Waals surface area contributed by atoms with Gasteiger partial charge in [0.1, 0.15) is 0 Å². The van der Waals surface area contributed by atoms with E-state index in [9.17, 15) is 8.42 Å². The lowest BCUT2D eigenvalue weighted by Gasteiger charge is -2.25. The lowest BCUT2D eigenvalue weighted by molar-refractivity contribution is 0.0904. The summed E-state index contributed by atoms with van der Waals surface area (Å²) in [5.41, 5.74) is 0.714. The molecule has 1 aliphatic heterocycles. The maximum Gasteiger partial charge on any atom is 0.180 e. The van der Waals surface area contributed by atoms with E-state index in [1.807, 2.05) is 12.1 Å². The van der Waals surface area contributed by atoms with E-state index >= 15 is 0 Å². The molecule has 0 amide bonds. The zero-order valence-electron chi connectivity index (χ0n) is 10.6. The highest BCUT2D eigenvalue weighted by molar-refractivity contribution is 7.91. The third-order valence-corrected chi connectivity index (χ3v) is 4.97. The fourth-order valence-electron chi connectivity index (χ4n) is 2.07. The first-order chi connectivity index (χ1) is 8.63. The quantitative estimate of drug-likeness (QED) is 0.909. The van der Waals surface area contributed by atoms with Gasteiger partial charge >= 0.3 is 0 Å². The molecule has 0 atom stereocenters. The molecule has 100 valence electrons. The monoisotopic (exact) mass is 269 g/mol. The summed E-state index contributed by atoms with van der Waals surface area (Å²) in [7, 11) is -3.17. The second-order valence-electron chi connectivity index (χ2n) is 4.43. The van der Waals surface area contributed by atoms with Crippen molar-refractivity contribution in [1.29, 1.82) is 0 Å². The molecule has 0 spiro atoms. The lowest BCUT2D eigenvalue weighted by atomic mass is 10.1. The van der Waals surface area contributed by atoms with Gasteiger partial charge < -0.3 is 10.1 Å². The van der Waals surface area contributed by atoms with E-state index < -0.39 is 9.84 Å². The van der Waals surface area contributed by atoms with Crippen LogP contribution in [-0.4, -0.2) is 33.4 Å². The number of ether oxygens (including phenoxy) is 1.